The third-order valence-electron chi connectivity index (χ3n) is 3.48. The van der Waals surface area contributed by atoms with Crippen molar-refractivity contribution in [1.29, 1.82) is 0 Å². The average Bonchev–Trinajstić information content (AvgIpc) is 2.23. The maximum absolute atomic E-state index is 9.43. The van der Waals surface area contributed by atoms with Crippen LogP contribution in [0, 0.1) is 19.3 Å². The third kappa shape index (κ3) is 2.82. The Morgan fingerprint density at radius 3 is 2.13 bits per heavy atom. The van der Waals surface area contributed by atoms with Gasteiger partial charge in [-0.25, -0.2) is 0 Å². The van der Waals surface area contributed by atoms with Gasteiger partial charge in [0.05, 0.1) is 0 Å². The molecular weight excluding hydrogens is 184 g/mol. The Bertz CT molecular complexity index is 304. The minimum Gasteiger partial charge on any atom is -0.396 e. The second-order valence-electron chi connectivity index (χ2n) is 4.87. The second kappa shape index (κ2) is 4.80. The Balaban J connectivity index is 2.98. The minimum absolute atomic E-state index is 0.0247. The van der Waals surface area contributed by atoms with Gasteiger partial charge in [-0.1, -0.05) is 32.0 Å². The SMILES string of the molecule is CCC(C)(CO)Cc1c(C)cccc1C. The van der Waals surface area contributed by atoms with Crippen LogP contribution in [-0.4, -0.2) is 11.7 Å². The predicted octanol–water partition coefficient (Wildman–Crippen LogP) is 3.25. The summed E-state index contributed by atoms with van der Waals surface area (Å²) in [5, 5.41) is 9.43. The molecule has 0 aromatic heterocycles. The summed E-state index contributed by atoms with van der Waals surface area (Å²) >= 11 is 0. The lowest BCUT2D eigenvalue weighted by atomic mass is 9.80. The molecule has 1 aromatic rings. The van der Waals surface area contributed by atoms with E-state index in [0.717, 1.165) is 12.8 Å². The minimum atomic E-state index is 0.0247. The van der Waals surface area contributed by atoms with E-state index in [4.69, 9.17) is 0 Å². The van der Waals surface area contributed by atoms with Crippen LogP contribution in [0.4, 0.5) is 0 Å². The molecule has 0 saturated carbocycles. The van der Waals surface area contributed by atoms with Crippen molar-refractivity contribution >= 4 is 0 Å². The molecule has 0 spiro atoms. The van der Waals surface area contributed by atoms with Gasteiger partial charge in [-0.15, -0.1) is 0 Å². The van der Waals surface area contributed by atoms with E-state index in [1.54, 1.807) is 0 Å². The Kier molecular flexibility index (Phi) is 3.92. The number of rotatable bonds is 4. The molecule has 0 amide bonds. The molecule has 15 heavy (non-hydrogen) atoms. The number of aliphatic hydroxyl groups is 1. The van der Waals surface area contributed by atoms with Gasteiger partial charge < -0.3 is 5.11 Å². The van der Waals surface area contributed by atoms with Crippen LogP contribution in [0.2, 0.25) is 0 Å². The van der Waals surface area contributed by atoms with Gasteiger partial charge in [0.2, 0.25) is 0 Å². The van der Waals surface area contributed by atoms with Crippen LogP contribution in [0.3, 0.4) is 0 Å². The van der Waals surface area contributed by atoms with Crippen molar-refractivity contribution in [2.75, 3.05) is 6.61 Å². The summed E-state index contributed by atoms with van der Waals surface area (Å²) in [7, 11) is 0. The first-order valence-electron chi connectivity index (χ1n) is 5.68. The van der Waals surface area contributed by atoms with Crippen molar-refractivity contribution in [1.82, 2.24) is 0 Å². The maximum Gasteiger partial charge on any atom is 0.0487 e. The molecule has 1 rings (SSSR count). The highest BCUT2D eigenvalue weighted by atomic mass is 16.3. The highest BCUT2D eigenvalue weighted by molar-refractivity contribution is 5.34. The standard InChI is InChI=1S/C14H22O/c1-5-14(4,10-15)9-13-11(2)7-6-8-12(13)3/h6-8,15H,5,9-10H2,1-4H3. The molecule has 84 valence electrons. The van der Waals surface area contributed by atoms with Gasteiger partial charge in [-0.05, 0) is 48.8 Å². The zero-order valence-corrected chi connectivity index (χ0v) is 10.3. The van der Waals surface area contributed by atoms with E-state index in [-0.39, 0.29) is 12.0 Å². The van der Waals surface area contributed by atoms with Crippen molar-refractivity contribution in [2.45, 2.75) is 40.5 Å². The maximum atomic E-state index is 9.43. The fourth-order valence-corrected chi connectivity index (χ4v) is 1.85. The number of aliphatic hydroxyl groups excluding tert-OH is 1. The number of hydrogen-bond acceptors (Lipinski definition) is 1. The normalized spacial score (nSPS) is 15.0. The molecule has 1 atom stereocenters. The molecule has 0 aliphatic rings. The van der Waals surface area contributed by atoms with E-state index in [0.29, 0.717) is 0 Å². The van der Waals surface area contributed by atoms with Gasteiger partial charge in [0.1, 0.15) is 0 Å². The molecule has 1 aromatic carbocycles. The molecule has 0 aliphatic carbocycles. The van der Waals surface area contributed by atoms with Crippen LogP contribution in [0.5, 0.6) is 0 Å². The van der Waals surface area contributed by atoms with Gasteiger partial charge in [-0.3, -0.25) is 0 Å². The first kappa shape index (κ1) is 12.3. The Morgan fingerprint density at radius 2 is 1.73 bits per heavy atom. The fourth-order valence-electron chi connectivity index (χ4n) is 1.85. The predicted molar refractivity (Wildman–Crippen MR) is 65.1 cm³/mol. The topological polar surface area (TPSA) is 20.2 Å². The molecule has 1 heteroatoms. The summed E-state index contributed by atoms with van der Waals surface area (Å²) in [5.41, 5.74) is 4.10. The van der Waals surface area contributed by atoms with E-state index in [9.17, 15) is 5.11 Å². The molecule has 1 N–H and O–H groups in total. The summed E-state index contributed by atoms with van der Waals surface area (Å²) in [6.45, 7) is 8.85. The van der Waals surface area contributed by atoms with Crippen molar-refractivity contribution in [3.05, 3.63) is 34.9 Å². The summed E-state index contributed by atoms with van der Waals surface area (Å²) in [6.07, 6.45) is 1.98. The van der Waals surface area contributed by atoms with E-state index < -0.39 is 0 Å². The van der Waals surface area contributed by atoms with E-state index in [1.807, 2.05) is 0 Å². The van der Waals surface area contributed by atoms with Crippen LogP contribution in [0.25, 0.3) is 0 Å². The van der Waals surface area contributed by atoms with Gasteiger partial charge in [0.15, 0.2) is 0 Å². The molecule has 0 aliphatic heterocycles. The van der Waals surface area contributed by atoms with Crippen LogP contribution in [0.15, 0.2) is 18.2 Å². The van der Waals surface area contributed by atoms with Crippen LogP contribution in [-0.2, 0) is 6.42 Å². The zero-order chi connectivity index (χ0) is 11.5. The lowest BCUT2D eigenvalue weighted by Crippen LogP contribution is -2.24. The molecular formula is C14H22O. The smallest absolute Gasteiger partial charge is 0.0487 e. The number of aryl methyl sites for hydroxylation is 2. The Hall–Kier alpha value is -0.820. The second-order valence-corrected chi connectivity index (χ2v) is 4.87. The molecule has 0 heterocycles. The van der Waals surface area contributed by atoms with Gasteiger partial charge in [-0.2, -0.15) is 0 Å². The Morgan fingerprint density at radius 1 is 1.20 bits per heavy atom. The van der Waals surface area contributed by atoms with Crippen LogP contribution in [0.1, 0.15) is 37.0 Å². The summed E-state index contributed by atoms with van der Waals surface area (Å²) < 4.78 is 0. The Labute approximate surface area is 93.1 Å². The summed E-state index contributed by atoms with van der Waals surface area (Å²) in [4.78, 5) is 0. The van der Waals surface area contributed by atoms with Crippen molar-refractivity contribution in [3.63, 3.8) is 0 Å². The molecule has 1 unspecified atom stereocenters. The molecule has 0 saturated heterocycles. The van der Waals surface area contributed by atoms with Crippen LogP contribution < -0.4 is 0 Å². The summed E-state index contributed by atoms with van der Waals surface area (Å²) in [6, 6.07) is 6.39. The first-order valence-corrected chi connectivity index (χ1v) is 5.68. The summed E-state index contributed by atoms with van der Waals surface area (Å²) in [5.74, 6) is 0. The van der Waals surface area contributed by atoms with Crippen molar-refractivity contribution in [3.8, 4) is 0 Å². The largest absolute Gasteiger partial charge is 0.396 e. The molecule has 0 fully saturated rings. The lowest BCUT2D eigenvalue weighted by molar-refractivity contribution is 0.137. The van der Waals surface area contributed by atoms with Gasteiger partial charge >= 0.3 is 0 Å². The fraction of sp³-hybridized carbons (Fsp3) is 0.571. The van der Waals surface area contributed by atoms with Crippen LogP contribution >= 0.6 is 0 Å². The van der Waals surface area contributed by atoms with E-state index in [1.165, 1.54) is 16.7 Å². The van der Waals surface area contributed by atoms with Crippen molar-refractivity contribution in [2.24, 2.45) is 5.41 Å². The molecule has 1 nitrogen and oxygen atoms in total. The van der Waals surface area contributed by atoms with E-state index >= 15 is 0 Å². The van der Waals surface area contributed by atoms with E-state index in [2.05, 4.69) is 45.9 Å². The first-order chi connectivity index (χ1) is 7.02. The van der Waals surface area contributed by atoms with Crippen molar-refractivity contribution < 1.29 is 5.11 Å². The number of hydrogen-bond donors (Lipinski definition) is 1. The number of benzene rings is 1. The highest BCUT2D eigenvalue weighted by Gasteiger charge is 2.22. The third-order valence-corrected chi connectivity index (χ3v) is 3.48. The van der Waals surface area contributed by atoms with Gasteiger partial charge in [0, 0.05) is 6.61 Å². The average molecular weight is 206 g/mol. The lowest BCUT2D eigenvalue weighted by Gasteiger charge is -2.27. The molecule has 0 radical (unpaired) electrons. The van der Waals surface area contributed by atoms with Gasteiger partial charge in [0.25, 0.3) is 0 Å². The quantitative estimate of drug-likeness (QED) is 0.801. The molecule has 0 bridgehead atoms. The zero-order valence-electron chi connectivity index (χ0n) is 10.3. The highest BCUT2D eigenvalue weighted by Crippen LogP contribution is 2.28. The monoisotopic (exact) mass is 206 g/mol.